The number of hydrogen-bond acceptors (Lipinski definition) is 0. The van der Waals surface area contributed by atoms with Gasteiger partial charge in [0.05, 0.1) is 20.6 Å². The highest BCUT2D eigenvalue weighted by atomic mass is 35.5. The maximum Gasteiger partial charge on any atom is 0.277 e. The predicted octanol–water partition coefficient (Wildman–Crippen LogP) is 5.06. The van der Waals surface area contributed by atoms with Crippen molar-refractivity contribution in [1.82, 2.24) is 0 Å². The zero-order valence-corrected chi connectivity index (χ0v) is 19.9. The Balaban J connectivity index is 0.00000676. The lowest BCUT2D eigenvalue weighted by Crippen LogP contribution is -3.00. The van der Waals surface area contributed by atoms with Crippen LogP contribution >= 0.6 is 23.2 Å². The van der Waals surface area contributed by atoms with Crippen molar-refractivity contribution >= 4 is 23.2 Å². The second-order valence-corrected chi connectivity index (χ2v) is 9.49. The molecule has 1 rings (SSSR count). The fourth-order valence-corrected chi connectivity index (χ4v) is 3.90. The summed E-state index contributed by atoms with van der Waals surface area (Å²) < 4.78 is -0.295. The molecule has 0 bridgehead atoms. The van der Waals surface area contributed by atoms with Crippen LogP contribution in [-0.4, -0.2) is 25.1 Å². The molecule has 0 fully saturated rings. The largest absolute Gasteiger partial charge is 1.00 e. The van der Waals surface area contributed by atoms with E-state index in [9.17, 15) is 0 Å². The minimum atomic E-state index is -0.890. The van der Waals surface area contributed by atoms with Crippen LogP contribution in [0.4, 0.5) is 0 Å². The van der Waals surface area contributed by atoms with Crippen LogP contribution in [0.3, 0.4) is 0 Å². The van der Waals surface area contributed by atoms with Gasteiger partial charge >= 0.3 is 0 Å². The van der Waals surface area contributed by atoms with E-state index in [2.05, 4.69) is 21.0 Å². The van der Waals surface area contributed by atoms with Crippen LogP contribution in [0.25, 0.3) is 0 Å². The topological polar surface area (TPSA) is 0 Å². The van der Waals surface area contributed by atoms with Gasteiger partial charge in [-0.15, -0.1) is 0 Å². The SMILES string of the molecule is CCCCCCCCCCCCCC[N+](C)(C)C(Cl)(Cl)c1ccccc1.[Cl-]. The standard InChI is InChI=1S/C23H40Cl2N.ClH/c1-4-5-6-7-8-9-10-11-12-13-14-18-21-26(2,3)23(24,25)22-19-16-15-17-20-22;/h15-17,19-20H,4-14,18,21H2,1-3H3;1H/q+1;/p-1. The molecule has 0 aliphatic carbocycles. The van der Waals surface area contributed by atoms with Crippen molar-refractivity contribution in [3.8, 4) is 0 Å². The molecule has 0 atom stereocenters. The first-order chi connectivity index (χ1) is 12.4. The molecule has 0 amide bonds. The van der Waals surface area contributed by atoms with Crippen molar-refractivity contribution < 1.29 is 16.9 Å². The Kier molecular flexibility index (Phi) is 15.0. The maximum absolute atomic E-state index is 6.73. The van der Waals surface area contributed by atoms with Gasteiger partial charge < -0.3 is 12.4 Å². The van der Waals surface area contributed by atoms with Gasteiger partial charge in [-0.3, -0.25) is 4.48 Å². The molecule has 0 aliphatic heterocycles. The molecule has 0 radical (unpaired) electrons. The highest BCUT2D eigenvalue weighted by Crippen LogP contribution is 2.41. The molecule has 27 heavy (non-hydrogen) atoms. The van der Waals surface area contributed by atoms with Gasteiger partial charge in [-0.2, -0.15) is 0 Å². The molecule has 0 unspecified atom stereocenters. The number of rotatable bonds is 15. The van der Waals surface area contributed by atoms with Crippen molar-refractivity contribution in [2.24, 2.45) is 0 Å². The third-order valence-electron chi connectivity index (χ3n) is 5.45. The molecule has 4 heteroatoms. The molecule has 0 N–H and O–H groups in total. The first-order valence-electron chi connectivity index (χ1n) is 10.7. The molecule has 0 saturated heterocycles. The predicted molar refractivity (Wildman–Crippen MR) is 118 cm³/mol. The first-order valence-corrected chi connectivity index (χ1v) is 11.4. The molecule has 158 valence electrons. The van der Waals surface area contributed by atoms with Gasteiger partial charge in [0.15, 0.2) is 0 Å². The van der Waals surface area contributed by atoms with E-state index in [0.29, 0.717) is 4.48 Å². The van der Waals surface area contributed by atoms with Crippen molar-refractivity contribution in [3.63, 3.8) is 0 Å². The molecule has 0 aromatic heterocycles. The van der Waals surface area contributed by atoms with E-state index in [0.717, 1.165) is 12.1 Å². The summed E-state index contributed by atoms with van der Waals surface area (Å²) in [6.07, 6.45) is 16.4. The summed E-state index contributed by atoms with van der Waals surface area (Å²) in [5.74, 6) is 0. The average molecular weight is 437 g/mol. The average Bonchev–Trinajstić information content (AvgIpc) is 2.63. The van der Waals surface area contributed by atoms with E-state index in [1.165, 1.54) is 77.0 Å². The van der Waals surface area contributed by atoms with Crippen LogP contribution in [0.1, 0.15) is 89.5 Å². The summed E-state index contributed by atoms with van der Waals surface area (Å²) >= 11 is 13.5. The van der Waals surface area contributed by atoms with E-state index in [-0.39, 0.29) is 12.4 Å². The Morgan fingerprint density at radius 2 is 1.11 bits per heavy atom. The van der Waals surface area contributed by atoms with E-state index in [4.69, 9.17) is 23.2 Å². The van der Waals surface area contributed by atoms with Crippen LogP contribution in [0.5, 0.6) is 0 Å². The smallest absolute Gasteiger partial charge is 0.277 e. The quantitative estimate of drug-likeness (QED) is 0.156. The lowest BCUT2D eigenvalue weighted by atomic mass is 10.0. The van der Waals surface area contributed by atoms with Gasteiger partial charge in [-0.05, 0) is 48.2 Å². The second-order valence-electron chi connectivity index (χ2n) is 8.20. The summed E-state index contributed by atoms with van der Waals surface area (Å²) in [5.41, 5.74) is 0.979. The fourth-order valence-electron chi connectivity index (χ4n) is 3.48. The van der Waals surface area contributed by atoms with Gasteiger partial charge in [-0.25, -0.2) is 0 Å². The Morgan fingerprint density at radius 1 is 0.704 bits per heavy atom. The summed E-state index contributed by atoms with van der Waals surface area (Å²) in [6.45, 7) is 3.28. The number of quaternary nitrogens is 1. The monoisotopic (exact) mass is 435 g/mol. The van der Waals surface area contributed by atoms with Crippen LogP contribution < -0.4 is 12.4 Å². The molecule has 0 spiro atoms. The molecular weight excluding hydrogens is 397 g/mol. The minimum Gasteiger partial charge on any atom is -1.00 e. The number of halogens is 3. The Morgan fingerprint density at radius 3 is 1.56 bits per heavy atom. The minimum absolute atomic E-state index is 0. The van der Waals surface area contributed by atoms with Crippen molar-refractivity contribution in [3.05, 3.63) is 35.9 Å². The summed E-state index contributed by atoms with van der Waals surface area (Å²) in [5, 5.41) is 0. The first kappa shape index (κ1) is 27.0. The summed E-state index contributed by atoms with van der Waals surface area (Å²) in [4.78, 5) is 0. The Bertz CT molecular complexity index is 460. The number of unbranched alkanes of at least 4 members (excludes halogenated alkanes) is 11. The van der Waals surface area contributed by atoms with Gasteiger partial charge in [0.25, 0.3) is 4.46 Å². The zero-order valence-electron chi connectivity index (χ0n) is 17.7. The van der Waals surface area contributed by atoms with E-state index in [1.54, 1.807) is 0 Å². The van der Waals surface area contributed by atoms with E-state index in [1.807, 2.05) is 30.3 Å². The summed E-state index contributed by atoms with van der Waals surface area (Å²) in [7, 11) is 4.26. The zero-order chi connectivity index (χ0) is 19.3. The van der Waals surface area contributed by atoms with Crippen LogP contribution in [0, 0.1) is 0 Å². The molecule has 0 heterocycles. The number of hydrogen-bond donors (Lipinski definition) is 0. The van der Waals surface area contributed by atoms with Gasteiger partial charge in [0, 0.05) is 5.56 Å². The maximum atomic E-state index is 6.73. The van der Waals surface area contributed by atoms with Gasteiger partial charge in [0.2, 0.25) is 0 Å². The van der Waals surface area contributed by atoms with Crippen molar-refractivity contribution in [1.29, 1.82) is 0 Å². The van der Waals surface area contributed by atoms with E-state index >= 15 is 0 Å². The van der Waals surface area contributed by atoms with E-state index < -0.39 is 4.46 Å². The molecule has 1 aromatic rings. The number of alkyl halides is 2. The molecule has 0 aliphatic rings. The number of benzene rings is 1. The van der Waals surface area contributed by atoms with Crippen molar-refractivity contribution in [2.45, 2.75) is 88.4 Å². The van der Waals surface area contributed by atoms with Crippen LogP contribution in [0.2, 0.25) is 0 Å². The lowest BCUT2D eigenvalue weighted by Gasteiger charge is -2.40. The van der Waals surface area contributed by atoms with Crippen molar-refractivity contribution in [2.75, 3.05) is 20.6 Å². The van der Waals surface area contributed by atoms with Gasteiger partial charge in [0.1, 0.15) is 0 Å². The van der Waals surface area contributed by atoms with Crippen LogP contribution in [-0.2, 0) is 4.46 Å². The highest BCUT2D eigenvalue weighted by Gasteiger charge is 2.43. The number of nitrogens with zero attached hydrogens (tertiary/aromatic N) is 1. The third kappa shape index (κ3) is 10.4. The molecule has 1 aromatic carbocycles. The Hall–Kier alpha value is 0.0500. The van der Waals surface area contributed by atoms with Gasteiger partial charge in [-0.1, -0.05) is 89.3 Å². The second kappa shape index (κ2) is 15.0. The van der Waals surface area contributed by atoms with Crippen LogP contribution in [0.15, 0.2) is 30.3 Å². The molecular formula is C23H40Cl3N. The summed E-state index contributed by atoms with van der Waals surface area (Å²) in [6, 6.07) is 10.0. The lowest BCUT2D eigenvalue weighted by molar-refractivity contribution is -0.920. The fraction of sp³-hybridized carbons (Fsp3) is 0.739. The highest BCUT2D eigenvalue weighted by molar-refractivity contribution is 6.46. The normalized spacial score (nSPS) is 12.0. The Labute approximate surface area is 184 Å². The third-order valence-corrected chi connectivity index (χ3v) is 6.80. The molecule has 0 saturated carbocycles. The molecule has 1 nitrogen and oxygen atoms in total.